The van der Waals surface area contributed by atoms with Crippen molar-refractivity contribution in [3.05, 3.63) is 90.0 Å². The van der Waals surface area contributed by atoms with E-state index in [1.54, 1.807) is 24.3 Å². The van der Waals surface area contributed by atoms with Gasteiger partial charge in [0, 0.05) is 17.8 Å². The quantitative estimate of drug-likeness (QED) is 0.304. The summed E-state index contributed by atoms with van der Waals surface area (Å²) in [5.41, 5.74) is 3.30. The second-order valence-electron chi connectivity index (χ2n) is 8.02. The Balaban J connectivity index is 1.43. The minimum absolute atomic E-state index is 0.0851. The molecule has 34 heavy (non-hydrogen) atoms. The van der Waals surface area contributed by atoms with Crippen molar-refractivity contribution in [2.75, 3.05) is 30.3 Å². The number of amides is 2. The van der Waals surface area contributed by atoms with Gasteiger partial charge in [0.05, 0.1) is 18.8 Å². The standard InChI is InChI=1S/C28H33N3O3/c1-2-3-19-29-28(33)23-15-17-24(18-16-23)30-21-27(32)31-25-13-7-8-14-26(25)34-20-9-12-22-10-5-4-6-11-22/h4-8,10-11,13-18,30H,2-3,9,12,19-21H2,1H3,(H,29,33)(H,31,32). The lowest BCUT2D eigenvalue weighted by Crippen LogP contribution is -2.24. The molecule has 3 aromatic carbocycles. The van der Waals surface area contributed by atoms with E-state index in [0.29, 0.717) is 30.2 Å². The first-order valence-electron chi connectivity index (χ1n) is 11.8. The number of hydrogen-bond donors (Lipinski definition) is 3. The van der Waals surface area contributed by atoms with Gasteiger partial charge in [-0.15, -0.1) is 0 Å². The van der Waals surface area contributed by atoms with Crippen LogP contribution in [0.4, 0.5) is 11.4 Å². The van der Waals surface area contributed by atoms with Gasteiger partial charge in [-0.3, -0.25) is 9.59 Å². The molecule has 0 aromatic heterocycles. The van der Waals surface area contributed by atoms with Crippen molar-refractivity contribution in [3.8, 4) is 5.75 Å². The normalized spacial score (nSPS) is 10.4. The lowest BCUT2D eigenvalue weighted by atomic mass is 10.1. The number of carbonyl (C=O) groups excluding carboxylic acids is 2. The van der Waals surface area contributed by atoms with Crippen molar-refractivity contribution in [1.82, 2.24) is 5.32 Å². The van der Waals surface area contributed by atoms with Gasteiger partial charge < -0.3 is 20.7 Å². The first kappa shape index (κ1) is 24.8. The Kier molecular flexibility index (Phi) is 9.99. The molecular weight excluding hydrogens is 426 g/mol. The largest absolute Gasteiger partial charge is 0.491 e. The highest BCUT2D eigenvalue weighted by Crippen LogP contribution is 2.24. The Morgan fingerprint density at radius 1 is 0.853 bits per heavy atom. The van der Waals surface area contributed by atoms with Crippen LogP contribution in [0.3, 0.4) is 0 Å². The van der Waals surface area contributed by atoms with E-state index in [0.717, 1.165) is 31.4 Å². The van der Waals surface area contributed by atoms with Gasteiger partial charge in [0.25, 0.3) is 5.91 Å². The molecule has 0 aliphatic carbocycles. The fraction of sp³-hybridized carbons (Fsp3) is 0.286. The third kappa shape index (κ3) is 8.28. The summed E-state index contributed by atoms with van der Waals surface area (Å²) in [6, 6.07) is 24.8. The SMILES string of the molecule is CCCCNC(=O)c1ccc(NCC(=O)Nc2ccccc2OCCCc2ccccc2)cc1. The predicted molar refractivity (Wildman–Crippen MR) is 138 cm³/mol. The van der Waals surface area contributed by atoms with Crippen LogP contribution in [0.1, 0.15) is 42.1 Å². The predicted octanol–water partition coefficient (Wildman–Crippen LogP) is 5.28. The number of ether oxygens (including phenoxy) is 1. The number of hydrogen-bond acceptors (Lipinski definition) is 4. The topological polar surface area (TPSA) is 79.5 Å². The first-order valence-corrected chi connectivity index (χ1v) is 11.8. The van der Waals surface area contributed by atoms with Crippen molar-refractivity contribution in [3.63, 3.8) is 0 Å². The minimum atomic E-state index is -0.179. The summed E-state index contributed by atoms with van der Waals surface area (Å²) in [4.78, 5) is 24.6. The summed E-state index contributed by atoms with van der Waals surface area (Å²) in [5.74, 6) is 0.391. The summed E-state index contributed by atoms with van der Waals surface area (Å²) in [6.07, 6.45) is 3.83. The highest BCUT2D eigenvalue weighted by molar-refractivity contribution is 5.96. The van der Waals surface area contributed by atoms with E-state index < -0.39 is 0 Å². The molecular formula is C28H33N3O3. The van der Waals surface area contributed by atoms with Crippen LogP contribution in [0.15, 0.2) is 78.9 Å². The zero-order valence-corrected chi connectivity index (χ0v) is 19.7. The number of unbranched alkanes of at least 4 members (excludes halogenated alkanes) is 1. The van der Waals surface area contributed by atoms with E-state index in [1.165, 1.54) is 5.56 Å². The number of aryl methyl sites for hydroxylation is 1. The van der Waals surface area contributed by atoms with Crippen molar-refractivity contribution >= 4 is 23.2 Å². The molecule has 0 spiro atoms. The van der Waals surface area contributed by atoms with Gasteiger partial charge in [0.2, 0.25) is 5.91 Å². The fourth-order valence-electron chi connectivity index (χ4n) is 3.40. The van der Waals surface area contributed by atoms with Crippen LogP contribution in [0.2, 0.25) is 0 Å². The average molecular weight is 460 g/mol. The van der Waals surface area contributed by atoms with Gasteiger partial charge in [-0.1, -0.05) is 55.8 Å². The van der Waals surface area contributed by atoms with Crippen LogP contribution in [-0.2, 0) is 11.2 Å². The number of para-hydroxylation sites is 2. The average Bonchev–Trinajstić information content (AvgIpc) is 2.87. The maximum atomic E-state index is 12.5. The molecule has 0 radical (unpaired) electrons. The molecule has 0 aliphatic rings. The van der Waals surface area contributed by atoms with Crippen LogP contribution in [0, 0.1) is 0 Å². The van der Waals surface area contributed by atoms with Crippen LogP contribution >= 0.6 is 0 Å². The molecule has 178 valence electrons. The molecule has 0 unspecified atom stereocenters. The molecule has 6 heteroatoms. The smallest absolute Gasteiger partial charge is 0.251 e. The van der Waals surface area contributed by atoms with Crippen LogP contribution in [0.5, 0.6) is 5.75 Å². The van der Waals surface area contributed by atoms with Crippen molar-refractivity contribution in [2.24, 2.45) is 0 Å². The van der Waals surface area contributed by atoms with Crippen molar-refractivity contribution < 1.29 is 14.3 Å². The zero-order valence-electron chi connectivity index (χ0n) is 19.7. The van der Waals surface area contributed by atoms with Crippen molar-refractivity contribution in [2.45, 2.75) is 32.6 Å². The monoisotopic (exact) mass is 459 g/mol. The molecule has 3 rings (SSSR count). The van der Waals surface area contributed by atoms with Crippen LogP contribution in [-0.4, -0.2) is 31.5 Å². The maximum Gasteiger partial charge on any atom is 0.251 e. The summed E-state index contributed by atoms with van der Waals surface area (Å²) in [6.45, 7) is 3.43. The Morgan fingerprint density at radius 2 is 1.59 bits per heavy atom. The van der Waals surface area contributed by atoms with Gasteiger partial charge >= 0.3 is 0 Å². The molecule has 3 aromatic rings. The maximum absolute atomic E-state index is 12.5. The van der Waals surface area contributed by atoms with E-state index in [-0.39, 0.29) is 18.4 Å². The lowest BCUT2D eigenvalue weighted by Gasteiger charge is -2.13. The molecule has 0 heterocycles. The van der Waals surface area contributed by atoms with Crippen LogP contribution < -0.4 is 20.7 Å². The van der Waals surface area contributed by atoms with Gasteiger partial charge in [-0.05, 0) is 61.2 Å². The van der Waals surface area contributed by atoms with E-state index in [4.69, 9.17) is 4.74 Å². The summed E-state index contributed by atoms with van der Waals surface area (Å²) in [7, 11) is 0. The van der Waals surface area contributed by atoms with Crippen LogP contribution in [0.25, 0.3) is 0 Å². The molecule has 0 atom stereocenters. The third-order valence-electron chi connectivity index (χ3n) is 5.29. The second-order valence-corrected chi connectivity index (χ2v) is 8.02. The first-order chi connectivity index (χ1) is 16.7. The summed E-state index contributed by atoms with van der Waals surface area (Å²) in [5, 5.41) is 8.89. The lowest BCUT2D eigenvalue weighted by molar-refractivity contribution is -0.114. The summed E-state index contributed by atoms with van der Waals surface area (Å²) < 4.78 is 5.92. The molecule has 0 bridgehead atoms. The van der Waals surface area contributed by atoms with Gasteiger partial charge in [0.15, 0.2) is 0 Å². The summed E-state index contributed by atoms with van der Waals surface area (Å²) >= 11 is 0. The molecule has 3 N–H and O–H groups in total. The molecule has 0 saturated heterocycles. The van der Waals surface area contributed by atoms with Crippen molar-refractivity contribution in [1.29, 1.82) is 0 Å². The molecule has 0 fully saturated rings. The molecule has 2 amide bonds. The Bertz CT molecular complexity index is 1040. The second kappa shape index (κ2) is 13.7. The van der Waals surface area contributed by atoms with Gasteiger partial charge in [0.1, 0.15) is 5.75 Å². The highest BCUT2D eigenvalue weighted by Gasteiger charge is 2.09. The number of anilines is 2. The number of benzene rings is 3. The minimum Gasteiger partial charge on any atom is -0.491 e. The number of rotatable bonds is 13. The molecule has 6 nitrogen and oxygen atoms in total. The number of nitrogens with one attached hydrogen (secondary N) is 3. The Hall–Kier alpha value is -3.80. The van der Waals surface area contributed by atoms with E-state index in [1.807, 2.05) is 42.5 Å². The van der Waals surface area contributed by atoms with E-state index in [9.17, 15) is 9.59 Å². The molecule has 0 aliphatic heterocycles. The van der Waals surface area contributed by atoms with E-state index in [2.05, 4.69) is 35.0 Å². The fourth-order valence-corrected chi connectivity index (χ4v) is 3.40. The zero-order chi connectivity index (χ0) is 24.0. The van der Waals surface area contributed by atoms with E-state index >= 15 is 0 Å². The third-order valence-corrected chi connectivity index (χ3v) is 5.29. The Morgan fingerprint density at radius 3 is 2.35 bits per heavy atom. The highest BCUT2D eigenvalue weighted by atomic mass is 16.5. The van der Waals surface area contributed by atoms with Gasteiger partial charge in [-0.25, -0.2) is 0 Å². The van der Waals surface area contributed by atoms with Gasteiger partial charge in [-0.2, -0.15) is 0 Å². The Labute approximate surface area is 201 Å². The molecule has 0 saturated carbocycles. The number of carbonyl (C=O) groups is 2.